The van der Waals surface area contributed by atoms with Crippen LogP contribution in [0.15, 0.2) is 27.1 Å². The average Bonchev–Trinajstić information content (AvgIpc) is 2.45. The molecule has 0 unspecified atom stereocenters. The van der Waals surface area contributed by atoms with Gasteiger partial charge < -0.3 is 9.47 Å². The number of benzene rings is 1. The fourth-order valence-corrected chi connectivity index (χ4v) is 3.40. The predicted octanol–water partition coefficient (Wildman–Crippen LogP) is 5.67. The number of hydrogen-bond donors (Lipinski definition) is 0. The van der Waals surface area contributed by atoms with E-state index >= 15 is 0 Å². The van der Waals surface area contributed by atoms with Gasteiger partial charge in [-0.25, -0.2) is 9.37 Å². The molecule has 0 atom stereocenters. The lowest BCUT2D eigenvalue weighted by Crippen LogP contribution is -2.36. The molecule has 0 fully saturated rings. The first kappa shape index (κ1) is 22.7. The third-order valence-electron chi connectivity index (χ3n) is 3.39. The van der Waals surface area contributed by atoms with Crippen molar-refractivity contribution in [3.05, 3.63) is 38.7 Å². The number of hydrogen-bond acceptors (Lipinski definition) is 5. The van der Waals surface area contributed by atoms with Crippen LogP contribution in [0.1, 0.15) is 53.2 Å². The third-order valence-corrected chi connectivity index (χ3v) is 4.48. The summed E-state index contributed by atoms with van der Waals surface area (Å²) in [4.78, 5) is 30.1. The molecule has 0 saturated carbocycles. The van der Waals surface area contributed by atoms with E-state index in [9.17, 15) is 14.0 Å². The number of ether oxygens (including phenoxy) is 2. The molecular weight excluding hydrogens is 497 g/mol. The number of halogens is 3. The van der Waals surface area contributed by atoms with Gasteiger partial charge in [-0.2, -0.15) is 0 Å². The van der Waals surface area contributed by atoms with Gasteiger partial charge in [-0.3, -0.25) is 9.59 Å². The molecule has 5 nitrogen and oxygen atoms in total. The molecule has 0 radical (unpaired) electrons. The average molecular weight is 519 g/mol. The van der Waals surface area contributed by atoms with Crippen LogP contribution in [0.2, 0.25) is 0 Å². The van der Waals surface area contributed by atoms with Gasteiger partial charge >= 0.3 is 11.9 Å². The van der Waals surface area contributed by atoms with Crippen LogP contribution in [0, 0.1) is 5.82 Å². The van der Waals surface area contributed by atoms with E-state index in [-0.39, 0.29) is 11.1 Å². The first-order chi connectivity index (χ1) is 12.7. The lowest BCUT2D eigenvalue weighted by atomic mass is 10.0. The van der Waals surface area contributed by atoms with Crippen LogP contribution >= 0.6 is 31.9 Å². The Morgan fingerprint density at radius 3 is 1.93 bits per heavy atom. The van der Waals surface area contributed by atoms with Crippen molar-refractivity contribution in [1.82, 2.24) is 4.98 Å². The van der Waals surface area contributed by atoms with Crippen molar-refractivity contribution in [3.63, 3.8) is 0 Å². The van der Waals surface area contributed by atoms with Crippen LogP contribution in [-0.2, 0) is 19.1 Å². The summed E-state index contributed by atoms with van der Waals surface area (Å²) >= 11 is 6.54. The van der Waals surface area contributed by atoms with Gasteiger partial charge in [0.25, 0.3) is 0 Å². The first-order valence-corrected chi connectivity index (χ1v) is 10.2. The van der Waals surface area contributed by atoms with Crippen molar-refractivity contribution >= 4 is 54.7 Å². The smallest absolute Gasteiger partial charge is 0.327 e. The number of nitrogens with zero attached hydrogens (tertiary/aromatic N) is 1. The Morgan fingerprint density at radius 2 is 1.46 bits per heavy atom. The van der Waals surface area contributed by atoms with Gasteiger partial charge in [-0.1, -0.05) is 15.9 Å². The largest absolute Gasteiger partial charge is 0.459 e. The Bertz CT molecular complexity index is 904. The summed E-state index contributed by atoms with van der Waals surface area (Å²) in [6.45, 7) is 10.2. The van der Waals surface area contributed by atoms with Crippen molar-refractivity contribution in [2.24, 2.45) is 0 Å². The standard InChI is InChI=1S/C20H22Br2FNO4/c1-19(2,3)27-17(25)15(18(26)28-20(4,5)6)16-12(22)9-11-13(23)7-10(21)8-14(11)24-16/h7-9,15H,1-6H3. The molecular formula is C20H22Br2FNO4. The predicted molar refractivity (Wildman–Crippen MR) is 112 cm³/mol. The zero-order chi connectivity index (χ0) is 21.4. The van der Waals surface area contributed by atoms with Crippen LogP contribution in [-0.4, -0.2) is 28.1 Å². The highest BCUT2D eigenvalue weighted by atomic mass is 79.9. The molecule has 0 aliphatic carbocycles. The van der Waals surface area contributed by atoms with E-state index < -0.39 is 34.9 Å². The van der Waals surface area contributed by atoms with Crippen LogP contribution < -0.4 is 0 Å². The van der Waals surface area contributed by atoms with Gasteiger partial charge in [0.1, 0.15) is 17.0 Å². The molecule has 2 aromatic rings. The van der Waals surface area contributed by atoms with Crippen LogP contribution in [0.25, 0.3) is 10.9 Å². The van der Waals surface area contributed by atoms with E-state index in [1.54, 1.807) is 47.6 Å². The quantitative estimate of drug-likeness (QED) is 0.387. The van der Waals surface area contributed by atoms with E-state index in [1.807, 2.05) is 0 Å². The van der Waals surface area contributed by atoms with Gasteiger partial charge in [0.15, 0.2) is 5.92 Å². The molecule has 0 spiro atoms. The number of fused-ring (bicyclic) bond motifs is 1. The van der Waals surface area contributed by atoms with Crippen LogP contribution in [0.4, 0.5) is 4.39 Å². The van der Waals surface area contributed by atoms with E-state index in [0.29, 0.717) is 14.5 Å². The monoisotopic (exact) mass is 517 g/mol. The number of carbonyl (C=O) groups is 2. The first-order valence-electron chi connectivity index (χ1n) is 8.59. The Morgan fingerprint density at radius 1 is 0.964 bits per heavy atom. The molecule has 0 N–H and O–H groups in total. The molecule has 0 saturated heterocycles. The second-order valence-corrected chi connectivity index (χ2v) is 10.1. The number of aromatic nitrogens is 1. The van der Waals surface area contributed by atoms with Crippen molar-refractivity contribution < 1.29 is 23.5 Å². The summed E-state index contributed by atoms with van der Waals surface area (Å²) < 4.78 is 25.9. The molecule has 1 heterocycles. The Balaban J connectivity index is 2.63. The van der Waals surface area contributed by atoms with Gasteiger partial charge in [0, 0.05) is 14.3 Å². The normalized spacial score (nSPS) is 12.4. The van der Waals surface area contributed by atoms with Gasteiger partial charge in [-0.05, 0) is 75.7 Å². The third kappa shape index (κ3) is 5.73. The van der Waals surface area contributed by atoms with Crippen molar-refractivity contribution in [3.8, 4) is 0 Å². The lowest BCUT2D eigenvalue weighted by molar-refractivity contribution is -0.169. The summed E-state index contributed by atoms with van der Waals surface area (Å²) in [6, 6.07) is 4.41. The lowest BCUT2D eigenvalue weighted by Gasteiger charge is -2.26. The van der Waals surface area contributed by atoms with E-state index in [4.69, 9.17) is 9.47 Å². The van der Waals surface area contributed by atoms with Crippen molar-refractivity contribution in [1.29, 1.82) is 0 Å². The Hall–Kier alpha value is -1.54. The maximum atomic E-state index is 14.2. The molecule has 0 amide bonds. The maximum absolute atomic E-state index is 14.2. The highest BCUT2D eigenvalue weighted by Gasteiger charge is 2.39. The van der Waals surface area contributed by atoms with Gasteiger partial charge in [0.05, 0.1) is 11.2 Å². The summed E-state index contributed by atoms with van der Waals surface area (Å²) in [7, 11) is 0. The zero-order valence-electron chi connectivity index (χ0n) is 16.5. The minimum atomic E-state index is -1.42. The molecule has 0 aliphatic rings. The second-order valence-electron chi connectivity index (χ2n) is 8.31. The second kappa shape index (κ2) is 8.06. The molecule has 2 rings (SSSR count). The molecule has 1 aromatic carbocycles. The summed E-state index contributed by atoms with van der Waals surface area (Å²) in [5.74, 6) is -3.47. The Kier molecular flexibility index (Phi) is 6.55. The molecule has 0 bridgehead atoms. The molecule has 0 aliphatic heterocycles. The molecule has 152 valence electrons. The van der Waals surface area contributed by atoms with Crippen LogP contribution in [0.5, 0.6) is 0 Å². The maximum Gasteiger partial charge on any atom is 0.327 e. The summed E-state index contributed by atoms with van der Waals surface area (Å²) in [6.07, 6.45) is 0. The number of esters is 2. The summed E-state index contributed by atoms with van der Waals surface area (Å²) in [5, 5.41) is 0.256. The van der Waals surface area contributed by atoms with Gasteiger partial charge in [0.2, 0.25) is 0 Å². The molecule has 8 heteroatoms. The molecule has 1 aromatic heterocycles. The number of rotatable bonds is 3. The van der Waals surface area contributed by atoms with Crippen LogP contribution in [0.3, 0.4) is 0 Å². The van der Waals surface area contributed by atoms with E-state index in [1.165, 1.54) is 12.1 Å². The summed E-state index contributed by atoms with van der Waals surface area (Å²) in [5.41, 5.74) is -1.22. The minimum Gasteiger partial charge on any atom is -0.459 e. The fourth-order valence-electron chi connectivity index (χ4n) is 2.43. The van der Waals surface area contributed by atoms with Crippen molar-refractivity contribution in [2.45, 2.75) is 58.7 Å². The SMILES string of the molecule is CC(C)(C)OC(=O)C(C(=O)OC(C)(C)C)c1nc2cc(Br)cc(F)c2cc1Br. The van der Waals surface area contributed by atoms with E-state index in [0.717, 1.165) is 0 Å². The minimum absolute atomic E-state index is 0.105. The zero-order valence-corrected chi connectivity index (χ0v) is 19.7. The van der Waals surface area contributed by atoms with E-state index in [2.05, 4.69) is 36.8 Å². The topological polar surface area (TPSA) is 65.5 Å². The highest BCUT2D eigenvalue weighted by molar-refractivity contribution is 9.10. The number of carbonyl (C=O) groups excluding carboxylic acids is 2. The van der Waals surface area contributed by atoms with Gasteiger partial charge in [-0.15, -0.1) is 0 Å². The number of pyridine rings is 1. The molecule has 28 heavy (non-hydrogen) atoms. The Labute approximate surface area is 180 Å². The highest BCUT2D eigenvalue weighted by Crippen LogP contribution is 2.33. The fraction of sp³-hybridized carbons (Fsp3) is 0.450. The van der Waals surface area contributed by atoms with Crippen molar-refractivity contribution in [2.75, 3.05) is 0 Å².